The standard InChI is InChI=1S/C17H21FN4O2/c1-12-9-15(21-22(12)14-6-4-5-13(18)10-14)19-16(24)20-17(11-23)7-2-3-8-17/h4-6,9-10,23H,2-3,7-8,11H2,1H3,(H2,19,20,21,24). The molecule has 2 amide bonds. The lowest BCUT2D eigenvalue weighted by molar-refractivity contribution is 0.167. The average Bonchev–Trinajstić information content (AvgIpc) is 3.14. The molecule has 7 heteroatoms. The summed E-state index contributed by atoms with van der Waals surface area (Å²) in [7, 11) is 0. The fourth-order valence-corrected chi connectivity index (χ4v) is 3.17. The van der Waals surface area contributed by atoms with Crippen molar-refractivity contribution in [1.82, 2.24) is 15.1 Å². The molecule has 0 saturated heterocycles. The number of hydrogen-bond donors (Lipinski definition) is 3. The van der Waals surface area contributed by atoms with Gasteiger partial charge in [0.2, 0.25) is 0 Å². The third-order valence-electron chi connectivity index (χ3n) is 4.42. The molecule has 1 saturated carbocycles. The molecule has 128 valence electrons. The van der Waals surface area contributed by atoms with Crippen LogP contribution in [0.25, 0.3) is 5.69 Å². The first-order valence-electron chi connectivity index (χ1n) is 8.04. The van der Waals surface area contributed by atoms with Gasteiger partial charge >= 0.3 is 6.03 Å². The summed E-state index contributed by atoms with van der Waals surface area (Å²) in [5.41, 5.74) is 0.821. The van der Waals surface area contributed by atoms with E-state index in [2.05, 4.69) is 15.7 Å². The number of halogens is 1. The number of benzene rings is 1. The first-order valence-corrected chi connectivity index (χ1v) is 8.04. The van der Waals surface area contributed by atoms with Crippen LogP contribution in [-0.2, 0) is 0 Å². The van der Waals surface area contributed by atoms with Crippen molar-refractivity contribution >= 4 is 11.8 Å². The van der Waals surface area contributed by atoms with E-state index in [1.807, 2.05) is 6.92 Å². The summed E-state index contributed by atoms with van der Waals surface area (Å²) in [6.45, 7) is 1.75. The molecular weight excluding hydrogens is 311 g/mol. The molecule has 0 spiro atoms. The second-order valence-corrected chi connectivity index (χ2v) is 6.29. The maximum atomic E-state index is 13.4. The van der Waals surface area contributed by atoms with Crippen molar-refractivity contribution in [3.8, 4) is 5.69 Å². The van der Waals surface area contributed by atoms with Gasteiger partial charge < -0.3 is 10.4 Å². The van der Waals surface area contributed by atoms with E-state index in [1.165, 1.54) is 12.1 Å². The van der Waals surface area contributed by atoms with Crippen LogP contribution < -0.4 is 10.6 Å². The normalized spacial score (nSPS) is 16.1. The number of aliphatic hydroxyl groups is 1. The van der Waals surface area contributed by atoms with E-state index < -0.39 is 11.6 Å². The van der Waals surface area contributed by atoms with E-state index >= 15 is 0 Å². The van der Waals surface area contributed by atoms with Crippen LogP contribution in [0.1, 0.15) is 31.4 Å². The molecule has 0 bridgehead atoms. The van der Waals surface area contributed by atoms with Gasteiger partial charge in [-0.3, -0.25) is 5.32 Å². The molecule has 24 heavy (non-hydrogen) atoms. The molecule has 1 aromatic carbocycles. The highest BCUT2D eigenvalue weighted by molar-refractivity contribution is 5.88. The lowest BCUT2D eigenvalue weighted by atomic mass is 9.99. The number of aromatic nitrogens is 2. The Morgan fingerprint density at radius 3 is 2.79 bits per heavy atom. The maximum Gasteiger partial charge on any atom is 0.320 e. The number of rotatable bonds is 4. The quantitative estimate of drug-likeness (QED) is 0.805. The number of nitrogens with one attached hydrogen (secondary N) is 2. The Bertz CT molecular complexity index is 738. The van der Waals surface area contributed by atoms with Crippen LogP contribution in [0.2, 0.25) is 0 Å². The van der Waals surface area contributed by atoms with Crippen molar-refractivity contribution in [3.05, 3.63) is 41.8 Å². The minimum atomic E-state index is -0.537. The molecule has 1 heterocycles. The molecule has 1 aromatic heterocycles. The number of aryl methyl sites for hydroxylation is 1. The van der Waals surface area contributed by atoms with E-state index in [1.54, 1.807) is 22.9 Å². The average molecular weight is 332 g/mol. The monoisotopic (exact) mass is 332 g/mol. The molecule has 2 aromatic rings. The number of anilines is 1. The zero-order valence-corrected chi connectivity index (χ0v) is 13.6. The topological polar surface area (TPSA) is 79.2 Å². The molecular formula is C17H21FN4O2. The lowest BCUT2D eigenvalue weighted by Crippen LogP contribution is -2.50. The Balaban J connectivity index is 1.72. The molecule has 0 unspecified atom stereocenters. The molecule has 1 aliphatic carbocycles. The SMILES string of the molecule is Cc1cc(NC(=O)NC2(CO)CCCC2)nn1-c1cccc(F)c1. The van der Waals surface area contributed by atoms with E-state index in [-0.39, 0.29) is 12.4 Å². The zero-order valence-electron chi connectivity index (χ0n) is 13.6. The van der Waals surface area contributed by atoms with Gasteiger partial charge in [0, 0.05) is 11.8 Å². The van der Waals surface area contributed by atoms with Gasteiger partial charge in [-0.1, -0.05) is 18.9 Å². The van der Waals surface area contributed by atoms with E-state index in [0.29, 0.717) is 11.5 Å². The second-order valence-electron chi connectivity index (χ2n) is 6.29. The summed E-state index contributed by atoms with van der Waals surface area (Å²) < 4.78 is 14.9. The van der Waals surface area contributed by atoms with Crippen LogP contribution in [0.15, 0.2) is 30.3 Å². The summed E-state index contributed by atoms with van der Waals surface area (Å²) in [5, 5.41) is 19.4. The van der Waals surface area contributed by atoms with Gasteiger partial charge in [0.1, 0.15) is 5.82 Å². The summed E-state index contributed by atoms with van der Waals surface area (Å²) in [6, 6.07) is 7.41. The Hall–Kier alpha value is -2.41. The van der Waals surface area contributed by atoms with Gasteiger partial charge in [-0.15, -0.1) is 5.10 Å². The van der Waals surface area contributed by atoms with Gasteiger partial charge in [0.05, 0.1) is 17.8 Å². The van der Waals surface area contributed by atoms with Crippen molar-refractivity contribution < 1.29 is 14.3 Å². The van der Waals surface area contributed by atoms with Crippen LogP contribution in [-0.4, -0.2) is 33.1 Å². The number of hydrogen-bond acceptors (Lipinski definition) is 3. The van der Waals surface area contributed by atoms with Gasteiger partial charge in [0.15, 0.2) is 5.82 Å². The zero-order chi connectivity index (χ0) is 17.2. The molecule has 6 nitrogen and oxygen atoms in total. The van der Waals surface area contributed by atoms with Crippen molar-refractivity contribution in [1.29, 1.82) is 0 Å². The lowest BCUT2D eigenvalue weighted by Gasteiger charge is -2.27. The van der Waals surface area contributed by atoms with Crippen LogP contribution >= 0.6 is 0 Å². The number of carbonyl (C=O) groups is 1. The summed E-state index contributed by atoms with van der Waals surface area (Å²) in [5.74, 6) is 0.0288. The van der Waals surface area contributed by atoms with Crippen molar-refractivity contribution in [2.24, 2.45) is 0 Å². The largest absolute Gasteiger partial charge is 0.394 e. The van der Waals surface area contributed by atoms with Crippen molar-refractivity contribution in [3.63, 3.8) is 0 Å². The third kappa shape index (κ3) is 3.41. The summed E-state index contributed by atoms with van der Waals surface area (Å²) >= 11 is 0. The highest BCUT2D eigenvalue weighted by Crippen LogP contribution is 2.29. The highest BCUT2D eigenvalue weighted by Gasteiger charge is 2.34. The van der Waals surface area contributed by atoms with E-state index in [0.717, 1.165) is 31.4 Å². The first kappa shape index (κ1) is 16.4. The van der Waals surface area contributed by atoms with Gasteiger partial charge in [-0.05, 0) is 38.0 Å². The van der Waals surface area contributed by atoms with Gasteiger partial charge in [0.25, 0.3) is 0 Å². The number of amides is 2. The van der Waals surface area contributed by atoms with Crippen LogP contribution in [0, 0.1) is 12.7 Å². The fourth-order valence-electron chi connectivity index (χ4n) is 3.17. The van der Waals surface area contributed by atoms with Gasteiger partial charge in [-0.25, -0.2) is 13.9 Å². The summed E-state index contributed by atoms with van der Waals surface area (Å²) in [6.07, 6.45) is 3.53. The van der Waals surface area contributed by atoms with Gasteiger partial charge in [-0.2, -0.15) is 0 Å². The van der Waals surface area contributed by atoms with E-state index in [4.69, 9.17) is 0 Å². The number of aliphatic hydroxyl groups excluding tert-OH is 1. The predicted octanol–water partition coefficient (Wildman–Crippen LogP) is 2.75. The van der Waals surface area contributed by atoms with Crippen molar-refractivity contribution in [2.45, 2.75) is 38.1 Å². The minimum Gasteiger partial charge on any atom is -0.394 e. The van der Waals surface area contributed by atoms with Crippen molar-refractivity contribution in [2.75, 3.05) is 11.9 Å². The smallest absolute Gasteiger partial charge is 0.320 e. The molecule has 3 rings (SSSR count). The number of carbonyl (C=O) groups excluding carboxylic acids is 1. The van der Waals surface area contributed by atoms with Crippen LogP contribution in [0.3, 0.4) is 0 Å². The molecule has 1 fully saturated rings. The minimum absolute atomic E-state index is 0.0722. The molecule has 0 radical (unpaired) electrons. The third-order valence-corrected chi connectivity index (χ3v) is 4.42. The Kier molecular flexibility index (Phi) is 4.53. The highest BCUT2D eigenvalue weighted by atomic mass is 19.1. The molecule has 0 atom stereocenters. The molecule has 0 aliphatic heterocycles. The Morgan fingerprint density at radius 1 is 1.38 bits per heavy atom. The van der Waals surface area contributed by atoms with E-state index in [9.17, 15) is 14.3 Å². The fraction of sp³-hybridized carbons (Fsp3) is 0.412. The van der Waals surface area contributed by atoms with Crippen LogP contribution in [0.5, 0.6) is 0 Å². The maximum absolute atomic E-state index is 13.4. The van der Waals surface area contributed by atoms with Crippen LogP contribution in [0.4, 0.5) is 15.0 Å². The second kappa shape index (κ2) is 6.60. The Morgan fingerprint density at radius 2 is 2.12 bits per heavy atom. The first-order chi connectivity index (χ1) is 11.5. The predicted molar refractivity (Wildman–Crippen MR) is 88.7 cm³/mol. The summed E-state index contributed by atoms with van der Waals surface area (Å²) in [4.78, 5) is 12.2. The molecule has 3 N–H and O–H groups in total. The number of nitrogens with zero attached hydrogens (tertiary/aromatic N) is 2. The molecule has 1 aliphatic rings. The Labute approximate surface area is 139 Å². The number of urea groups is 1.